The van der Waals surface area contributed by atoms with Gasteiger partial charge < -0.3 is 15.1 Å². The molecule has 2 atom stereocenters. The Hall–Kier alpha value is -1.89. The van der Waals surface area contributed by atoms with E-state index in [-0.39, 0.29) is 29.9 Å². The Morgan fingerprint density at radius 3 is 2.54 bits per heavy atom. The monoisotopic (exact) mass is 390 g/mol. The Morgan fingerprint density at radius 1 is 1.21 bits per heavy atom. The van der Waals surface area contributed by atoms with Crippen LogP contribution in [0.2, 0.25) is 0 Å². The Balaban J connectivity index is 1.57. The van der Waals surface area contributed by atoms with Crippen LogP contribution in [0.4, 0.5) is 0 Å². The van der Waals surface area contributed by atoms with E-state index in [0.29, 0.717) is 36.7 Å². The summed E-state index contributed by atoms with van der Waals surface area (Å²) in [7, 11) is 0. The molecule has 2 N–H and O–H groups in total. The van der Waals surface area contributed by atoms with Crippen LogP contribution in [-0.2, 0) is 11.2 Å². The van der Waals surface area contributed by atoms with Crippen LogP contribution in [-0.4, -0.2) is 52.9 Å². The molecule has 1 aliphatic heterocycles. The first-order valence-corrected chi connectivity index (χ1v) is 10.7. The Labute approximate surface area is 167 Å². The van der Waals surface area contributed by atoms with Crippen LogP contribution in [0.1, 0.15) is 75.0 Å². The largest absolute Gasteiger partial charge is 0.435 e. The summed E-state index contributed by atoms with van der Waals surface area (Å²) in [6, 6.07) is 0.703. The summed E-state index contributed by atoms with van der Waals surface area (Å²) in [5.41, 5.74) is 0.638. The van der Waals surface area contributed by atoms with E-state index in [2.05, 4.69) is 20.5 Å². The molecule has 1 saturated heterocycles. The third-order valence-electron chi connectivity index (χ3n) is 5.66. The molecule has 0 aromatic carbocycles. The van der Waals surface area contributed by atoms with E-state index in [1.54, 1.807) is 6.92 Å². The second-order valence-electron chi connectivity index (χ2n) is 8.54. The minimum Gasteiger partial charge on any atom is -0.435 e. The van der Waals surface area contributed by atoms with Gasteiger partial charge in [-0.15, -0.1) is 0 Å². The van der Waals surface area contributed by atoms with Crippen molar-refractivity contribution in [3.05, 3.63) is 17.3 Å². The summed E-state index contributed by atoms with van der Waals surface area (Å²) in [6.45, 7) is 9.34. The molecule has 0 unspecified atom stereocenters. The number of aryl methyl sites for hydroxylation is 2. The number of nitrogens with one attached hydrogen (secondary N) is 2. The number of rotatable bonds is 9. The fourth-order valence-electron chi connectivity index (χ4n) is 4.05. The van der Waals surface area contributed by atoms with Crippen molar-refractivity contribution in [2.75, 3.05) is 13.1 Å². The van der Waals surface area contributed by atoms with Crippen molar-refractivity contribution in [3.63, 3.8) is 0 Å². The highest BCUT2D eigenvalue weighted by molar-refractivity contribution is 5.92. The molecule has 0 bridgehead atoms. The molecular formula is C21H34N4O3. The zero-order valence-corrected chi connectivity index (χ0v) is 17.6. The number of nitrogens with zero attached hydrogens (tertiary/aromatic N) is 2. The highest BCUT2D eigenvalue weighted by Gasteiger charge is 2.38. The van der Waals surface area contributed by atoms with E-state index < -0.39 is 0 Å². The average molecular weight is 391 g/mol. The molecule has 1 aromatic heterocycles. The lowest BCUT2D eigenvalue weighted by molar-refractivity contribution is -0.122. The van der Waals surface area contributed by atoms with Crippen molar-refractivity contribution in [1.82, 2.24) is 20.5 Å². The van der Waals surface area contributed by atoms with Gasteiger partial charge in [0.05, 0.1) is 5.69 Å². The molecule has 1 aliphatic carbocycles. The van der Waals surface area contributed by atoms with E-state index >= 15 is 0 Å². The lowest BCUT2D eigenvalue weighted by Gasteiger charge is -2.30. The molecule has 28 heavy (non-hydrogen) atoms. The van der Waals surface area contributed by atoms with Crippen LogP contribution in [0, 0.1) is 12.8 Å². The second kappa shape index (κ2) is 9.07. The van der Waals surface area contributed by atoms with Crippen molar-refractivity contribution in [2.24, 2.45) is 5.92 Å². The van der Waals surface area contributed by atoms with Gasteiger partial charge in [0.1, 0.15) is 0 Å². The van der Waals surface area contributed by atoms with Gasteiger partial charge in [-0.3, -0.25) is 14.5 Å². The molecule has 0 radical (unpaired) electrons. The molecule has 2 amide bonds. The van der Waals surface area contributed by atoms with Crippen LogP contribution in [0.25, 0.3) is 0 Å². The van der Waals surface area contributed by atoms with E-state index in [4.69, 9.17) is 4.42 Å². The predicted molar refractivity (Wildman–Crippen MR) is 107 cm³/mol. The number of carbonyl (C=O) groups excluding carboxylic acids is 2. The zero-order chi connectivity index (χ0) is 20.3. The highest BCUT2D eigenvalue weighted by Crippen LogP contribution is 2.35. The quantitative estimate of drug-likeness (QED) is 0.676. The van der Waals surface area contributed by atoms with E-state index in [1.165, 1.54) is 12.8 Å². The standard InChI is InChI=1S/C21H34N4O3/c1-5-19-24-14(4)20(28-19)21(27)22-11-17-9-8-16(10-18(26)23-13(2)3)25(17)12-15-6-7-15/h13,15-17H,5-12H2,1-4H3,(H,22,27)(H,23,26)/t16-,17+/m1/s1. The maximum absolute atomic E-state index is 12.5. The van der Waals surface area contributed by atoms with Crippen LogP contribution < -0.4 is 10.6 Å². The van der Waals surface area contributed by atoms with Gasteiger partial charge in [-0.05, 0) is 52.4 Å². The molecule has 3 rings (SSSR count). The first kappa shape index (κ1) is 20.8. The van der Waals surface area contributed by atoms with Crippen LogP contribution in [0.5, 0.6) is 0 Å². The van der Waals surface area contributed by atoms with Gasteiger partial charge in [-0.2, -0.15) is 0 Å². The molecule has 156 valence electrons. The third kappa shape index (κ3) is 5.34. The molecule has 1 aromatic rings. The van der Waals surface area contributed by atoms with Gasteiger partial charge in [0, 0.05) is 44.1 Å². The SMILES string of the molecule is CCc1nc(C)c(C(=O)NC[C@@H]2CC[C@H](CC(=O)NC(C)C)N2CC2CC2)o1. The average Bonchev–Trinajstić information content (AvgIpc) is 3.26. The van der Waals surface area contributed by atoms with Crippen LogP contribution >= 0.6 is 0 Å². The molecule has 7 heteroatoms. The Bertz CT molecular complexity index is 696. The first-order valence-electron chi connectivity index (χ1n) is 10.7. The second-order valence-corrected chi connectivity index (χ2v) is 8.54. The maximum Gasteiger partial charge on any atom is 0.289 e. The summed E-state index contributed by atoms with van der Waals surface area (Å²) >= 11 is 0. The molecule has 2 fully saturated rings. The summed E-state index contributed by atoms with van der Waals surface area (Å²) in [5, 5.41) is 6.04. The number of amides is 2. The van der Waals surface area contributed by atoms with Crippen LogP contribution in [0.3, 0.4) is 0 Å². The van der Waals surface area contributed by atoms with Crippen molar-refractivity contribution in [1.29, 1.82) is 0 Å². The number of likely N-dealkylation sites (tertiary alicyclic amines) is 1. The highest BCUT2D eigenvalue weighted by atomic mass is 16.4. The molecule has 7 nitrogen and oxygen atoms in total. The third-order valence-corrected chi connectivity index (χ3v) is 5.66. The van der Waals surface area contributed by atoms with Crippen molar-refractivity contribution in [2.45, 2.75) is 84.3 Å². The molecule has 2 heterocycles. The van der Waals surface area contributed by atoms with Gasteiger partial charge in [-0.1, -0.05) is 6.92 Å². The van der Waals surface area contributed by atoms with Crippen molar-refractivity contribution < 1.29 is 14.0 Å². The van der Waals surface area contributed by atoms with Crippen molar-refractivity contribution >= 4 is 11.8 Å². The van der Waals surface area contributed by atoms with Crippen LogP contribution in [0.15, 0.2) is 4.42 Å². The van der Waals surface area contributed by atoms with Gasteiger partial charge in [0.15, 0.2) is 5.89 Å². The fraction of sp³-hybridized carbons (Fsp3) is 0.762. The summed E-state index contributed by atoms with van der Waals surface area (Å²) in [4.78, 5) is 31.5. The predicted octanol–water partition coefficient (Wildman–Crippen LogP) is 2.43. The summed E-state index contributed by atoms with van der Waals surface area (Å²) < 4.78 is 5.56. The normalized spacial score (nSPS) is 22.6. The topological polar surface area (TPSA) is 87.5 Å². The van der Waals surface area contributed by atoms with Gasteiger partial charge in [0.2, 0.25) is 11.7 Å². The number of carbonyl (C=O) groups is 2. The Morgan fingerprint density at radius 2 is 1.93 bits per heavy atom. The summed E-state index contributed by atoms with van der Waals surface area (Å²) in [5.74, 6) is 1.58. The van der Waals surface area contributed by atoms with Gasteiger partial charge in [-0.25, -0.2) is 4.98 Å². The minimum atomic E-state index is -0.197. The number of hydrogen-bond acceptors (Lipinski definition) is 5. The molecule has 2 aliphatic rings. The number of hydrogen-bond donors (Lipinski definition) is 2. The van der Waals surface area contributed by atoms with Gasteiger partial charge >= 0.3 is 0 Å². The lowest BCUT2D eigenvalue weighted by atomic mass is 10.1. The first-order chi connectivity index (χ1) is 13.4. The van der Waals surface area contributed by atoms with E-state index in [1.807, 2.05) is 20.8 Å². The zero-order valence-electron chi connectivity index (χ0n) is 17.6. The van der Waals surface area contributed by atoms with E-state index in [0.717, 1.165) is 25.3 Å². The maximum atomic E-state index is 12.5. The summed E-state index contributed by atoms with van der Waals surface area (Å²) in [6.07, 6.45) is 5.76. The Kier molecular flexibility index (Phi) is 6.75. The fourth-order valence-corrected chi connectivity index (χ4v) is 4.05. The van der Waals surface area contributed by atoms with Crippen molar-refractivity contribution in [3.8, 4) is 0 Å². The number of aromatic nitrogens is 1. The van der Waals surface area contributed by atoms with Gasteiger partial charge in [0.25, 0.3) is 5.91 Å². The molecule has 0 spiro atoms. The van der Waals surface area contributed by atoms with E-state index in [9.17, 15) is 9.59 Å². The number of oxazole rings is 1. The smallest absolute Gasteiger partial charge is 0.289 e. The molecule has 1 saturated carbocycles. The minimum absolute atomic E-state index is 0.120. The lowest BCUT2D eigenvalue weighted by Crippen LogP contribution is -2.46. The molecular weight excluding hydrogens is 356 g/mol.